The summed E-state index contributed by atoms with van der Waals surface area (Å²) in [6.45, 7) is 2.25. The van der Waals surface area contributed by atoms with E-state index in [1.807, 2.05) is 0 Å². The van der Waals surface area contributed by atoms with Gasteiger partial charge in [-0.15, -0.1) is 0 Å². The van der Waals surface area contributed by atoms with Crippen LogP contribution in [0.4, 0.5) is 4.79 Å². The second-order valence-corrected chi connectivity index (χ2v) is 6.72. The lowest BCUT2D eigenvalue weighted by Crippen LogP contribution is -2.49. The lowest BCUT2D eigenvalue weighted by molar-refractivity contribution is -0.136. The average molecular weight is 330 g/mol. The van der Waals surface area contributed by atoms with E-state index in [0.717, 1.165) is 23.3 Å². The third kappa shape index (κ3) is 3.25. The zero-order chi connectivity index (χ0) is 17.2. The molecule has 1 spiro atoms. The van der Waals surface area contributed by atoms with Crippen LogP contribution in [0.2, 0.25) is 0 Å². The van der Waals surface area contributed by atoms with Crippen LogP contribution in [0.3, 0.4) is 0 Å². The van der Waals surface area contributed by atoms with E-state index in [-0.39, 0.29) is 18.4 Å². The zero-order valence-corrected chi connectivity index (χ0v) is 13.7. The van der Waals surface area contributed by atoms with Gasteiger partial charge < -0.3 is 10.6 Å². The van der Waals surface area contributed by atoms with Gasteiger partial charge in [0.2, 0.25) is 5.91 Å². The highest BCUT2D eigenvalue weighted by molar-refractivity contribution is 6.09. The minimum Gasteiger partial charge on any atom is -0.350 e. The van der Waals surface area contributed by atoms with Crippen molar-refractivity contribution in [2.45, 2.75) is 44.7 Å². The number of carbonyl (C=O) groups is 3. The molecule has 7 nitrogen and oxygen atoms in total. The molecule has 1 saturated carbocycles. The molecular weight excluding hydrogens is 308 g/mol. The van der Waals surface area contributed by atoms with Gasteiger partial charge in [0.25, 0.3) is 5.91 Å². The summed E-state index contributed by atoms with van der Waals surface area (Å²) in [6, 6.07) is 3.13. The van der Waals surface area contributed by atoms with Crippen LogP contribution in [0.25, 0.3) is 0 Å². The van der Waals surface area contributed by atoms with E-state index < -0.39 is 11.6 Å². The molecule has 2 aliphatic rings. The number of nitrogens with one attached hydrogen (secondary N) is 2. The molecule has 0 radical (unpaired) electrons. The summed E-state index contributed by atoms with van der Waals surface area (Å²) < 4.78 is 0. The number of hydrogen-bond donors (Lipinski definition) is 2. The Balaban J connectivity index is 1.57. The zero-order valence-electron chi connectivity index (χ0n) is 13.7. The van der Waals surface area contributed by atoms with Crippen LogP contribution in [0.5, 0.6) is 0 Å². The molecule has 3 rings (SSSR count). The predicted octanol–water partition coefficient (Wildman–Crippen LogP) is 1.20. The Kier molecular flexibility index (Phi) is 4.51. The first-order valence-electron chi connectivity index (χ1n) is 8.30. The van der Waals surface area contributed by atoms with Crippen LogP contribution in [-0.2, 0) is 16.1 Å². The SMILES string of the molecule is CC1CCC2(CC1)NC(=O)N(CC(=O)NCc1ccncc1)C2=O. The standard InChI is InChI=1S/C17H22N4O3/c1-12-2-6-17(7-3-12)15(23)21(16(24)20-17)11-14(22)19-10-13-4-8-18-9-5-13/h4-5,8-9,12H,2-3,6-7,10-11H2,1H3,(H,19,22)(H,20,24). The molecule has 24 heavy (non-hydrogen) atoms. The Hall–Kier alpha value is -2.44. The topological polar surface area (TPSA) is 91.4 Å². The number of rotatable bonds is 4. The molecule has 1 aliphatic heterocycles. The van der Waals surface area contributed by atoms with Crippen LogP contribution in [0.15, 0.2) is 24.5 Å². The van der Waals surface area contributed by atoms with Gasteiger partial charge in [-0.1, -0.05) is 6.92 Å². The van der Waals surface area contributed by atoms with Gasteiger partial charge in [0.15, 0.2) is 0 Å². The van der Waals surface area contributed by atoms with Crippen molar-refractivity contribution < 1.29 is 14.4 Å². The van der Waals surface area contributed by atoms with Gasteiger partial charge in [0.1, 0.15) is 12.1 Å². The van der Waals surface area contributed by atoms with Gasteiger partial charge in [-0.3, -0.25) is 19.5 Å². The number of pyridine rings is 1. The highest BCUT2D eigenvalue weighted by Crippen LogP contribution is 2.36. The summed E-state index contributed by atoms with van der Waals surface area (Å²) in [4.78, 5) is 41.9. The Labute approximate surface area is 140 Å². The van der Waals surface area contributed by atoms with Crippen LogP contribution in [0, 0.1) is 5.92 Å². The van der Waals surface area contributed by atoms with E-state index in [2.05, 4.69) is 22.5 Å². The lowest BCUT2D eigenvalue weighted by Gasteiger charge is -2.33. The Morgan fingerprint density at radius 1 is 1.33 bits per heavy atom. The van der Waals surface area contributed by atoms with Crippen LogP contribution < -0.4 is 10.6 Å². The fraction of sp³-hybridized carbons (Fsp3) is 0.529. The quantitative estimate of drug-likeness (QED) is 0.812. The maximum absolute atomic E-state index is 12.7. The van der Waals surface area contributed by atoms with Crippen molar-refractivity contribution in [3.05, 3.63) is 30.1 Å². The highest BCUT2D eigenvalue weighted by atomic mass is 16.2. The van der Waals surface area contributed by atoms with Gasteiger partial charge in [0, 0.05) is 18.9 Å². The molecule has 0 bridgehead atoms. The molecule has 1 saturated heterocycles. The van der Waals surface area contributed by atoms with Crippen molar-refractivity contribution >= 4 is 17.8 Å². The molecule has 0 atom stereocenters. The second kappa shape index (κ2) is 6.59. The van der Waals surface area contributed by atoms with Crippen molar-refractivity contribution in [1.82, 2.24) is 20.5 Å². The van der Waals surface area contributed by atoms with E-state index in [9.17, 15) is 14.4 Å². The number of nitrogens with zero attached hydrogens (tertiary/aromatic N) is 2. The van der Waals surface area contributed by atoms with Gasteiger partial charge in [-0.05, 0) is 49.3 Å². The summed E-state index contributed by atoms with van der Waals surface area (Å²) >= 11 is 0. The Bertz CT molecular complexity index is 638. The number of carbonyl (C=O) groups excluding carboxylic acids is 3. The Morgan fingerprint density at radius 3 is 2.67 bits per heavy atom. The molecule has 128 valence electrons. The number of hydrogen-bond acceptors (Lipinski definition) is 4. The van der Waals surface area contributed by atoms with Gasteiger partial charge in [0.05, 0.1) is 0 Å². The first kappa shape index (κ1) is 16.4. The minimum absolute atomic E-state index is 0.243. The maximum Gasteiger partial charge on any atom is 0.325 e. The molecule has 1 aliphatic carbocycles. The minimum atomic E-state index is -0.797. The average Bonchev–Trinajstić information content (AvgIpc) is 2.81. The summed E-state index contributed by atoms with van der Waals surface area (Å²) in [5.74, 6) is -0.0481. The van der Waals surface area contributed by atoms with Crippen LogP contribution >= 0.6 is 0 Å². The number of amides is 4. The van der Waals surface area contributed by atoms with Gasteiger partial charge in [-0.25, -0.2) is 4.79 Å². The van der Waals surface area contributed by atoms with E-state index >= 15 is 0 Å². The molecule has 1 aromatic rings. The maximum atomic E-state index is 12.7. The van der Waals surface area contributed by atoms with Crippen LogP contribution in [0.1, 0.15) is 38.2 Å². The molecule has 0 aromatic carbocycles. The van der Waals surface area contributed by atoms with Gasteiger partial charge >= 0.3 is 6.03 Å². The van der Waals surface area contributed by atoms with Crippen molar-refractivity contribution in [3.8, 4) is 0 Å². The molecule has 4 amide bonds. The normalized spacial score (nSPS) is 26.5. The second-order valence-electron chi connectivity index (χ2n) is 6.72. The summed E-state index contributed by atoms with van der Waals surface area (Å²) in [7, 11) is 0. The van der Waals surface area contributed by atoms with E-state index in [1.165, 1.54) is 0 Å². The first-order valence-corrected chi connectivity index (χ1v) is 8.30. The lowest BCUT2D eigenvalue weighted by atomic mass is 9.77. The molecule has 1 aromatic heterocycles. The molecular formula is C17H22N4O3. The molecule has 2 heterocycles. The third-order valence-electron chi connectivity index (χ3n) is 4.91. The van der Waals surface area contributed by atoms with E-state index in [0.29, 0.717) is 25.3 Å². The van der Waals surface area contributed by atoms with Gasteiger partial charge in [-0.2, -0.15) is 0 Å². The molecule has 7 heteroatoms. The predicted molar refractivity (Wildman–Crippen MR) is 86.7 cm³/mol. The third-order valence-corrected chi connectivity index (χ3v) is 4.91. The van der Waals surface area contributed by atoms with Crippen LogP contribution in [-0.4, -0.2) is 39.8 Å². The Morgan fingerprint density at radius 2 is 2.00 bits per heavy atom. The van der Waals surface area contributed by atoms with Crippen molar-refractivity contribution in [2.75, 3.05) is 6.54 Å². The van der Waals surface area contributed by atoms with E-state index in [4.69, 9.17) is 0 Å². The van der Waals surface area contributed by atoms with E-state index in [1.54, 1.807) is 24.5 Å². The first-order chi connectivity index (χ1) is 11.5. The smallest absolute Gasteiger partial charge is 0.325 e. The van der Waals surface area contributed by atoms with Crippen molar-refractivity contribution in [1.29, 1.82) is 0 Å². The monoisotopic (exact) mass is 330 g/mol. The number of aromatic nitrogens is 1. The number of imide groups is 1. The summed E-state index contributed by atoms with van der Waals surface area (Å²) in [5, 5.41) is 5.54. The molecule has 2 fully saturated rings. The largest absolute Gasteiger partial charge is 0.350 e. The summed E-state index contributed by atoms with van der Waals surface area (Å²) in [5.41, 5.74) is 0.114. The molecule has 2 N–H and O–H groups in total. The summed E-state index contributed by atoms with van der Waals surface area (Å²) in [6.07, 6.45) is 6.41. The fourth-order valence-electron chi connectivity index (χ4n) is 3.31. The highest BCUT2D eigenvalue weighted by Gasteiger charge is 2.52. The van der Waals surface area contributed by atoms with Crippen molar-refractivity contribution in [2.24, 2.45) is 5.92 Å². The van der Waals surface area contributed by atoms with Crippen molar-refractivity contribution in [3.63, 3.8) is 0 Å². The molecule has 0 unspecified atom stereocenters. The fourth-order valence-corrected chi connectivity index (χ4v) is 3.31. The number of urea groups is 1.